The van der Waals surface area contributed by atoms with Crippen LogP contribution in [0.2, 0.25) is 0 Å². The van der Waals surface area contributed by atoms with Crippen molar-refractivity contribution in [2.75, 3.05) is 0 Å². The molecule has 2 aromatic rings. The van der Waals surface area contributed by atoms with Crippen LogP contribution in [0.1, 0.15) is 37.4 Å². The highest BCUT2D eigenvalue weighted by Crippen LogP contribution is 2.39. The van der Waals surface area contributed by atoms with E-state index in [2.05, 4.69) is 5.32 Å². The standard InChI is InChI=1S/C18H19F2NO/c1-18(2)10-16(14-9-13(19)7-8-17(14)22-18)21-11-12-5-3-4-6-15(12)20/h3-9,16,21H,10-11H2,1-2H3. The predicted octanol–water partition coefficient (Wildman–Crippen LogP) is 4.36. The quantitative estimate of drug-likeness (QED) is 0.910. The van der Waals surface area contributed by atoms with E-state index < -0.39 is 0 Å². The van der Waals surface area contributed by atoms with E-state index in [1.165, 1.54) is 18.2 Å². The lowest BCUT2D eigenvalue weighted by molar-refractivity contribution is 0.0654. The van der Waals surface area contributed by atoms with Crippen molar-refractivity contribution in [2.24, 2.45) is 0 Å². The monoisotopic (exact) mass is 303 g/mol. The van der Waals surface area contributed by atoms with Crippen molar-refractivity contribution in [1.29, 1.82) is 0 Å². The van der Waals surface area contributed by atoms with Crippen LogP contribution >= 0.6 is 0 Å². The fourth-order valence-electron chi connectivity index (χ4n) is 2.88. The third-order valence-corrected chi connectivity index (χ3v) is 3.93. The highest BCUT2D eigenvalue weighted by Gasteiger charge is 2.33. The molecule has 0 saturated heterocycles. The van der Waals surface area contributed by atoms with Gasteiger partial charge >= 0.3 is 0 Å². The zero-order chi connectivity index (χ0) is 15.7. The van der Waals surface area contributed by atoms with Gasteiger partial charge in [0.2, 0.25) is 0 Å². The largest absolute Gasteiger partial charge is 0.487 e. The highest BCUT2D eigenvalue weighted by atomic mass is 19.1. The Morgan fingerprint density at radius 2 is 1.95 bits per heavy atom. The molecule has 0 saturated carbocycles. The smallest absolute Gasteiger partial charge is 0.127 e. The summed E-state index contributed by atoms with van der Waals surface area (Å²) in [6.07, 6.45) is 0.692. The summed E-state index contributed by atoms with van der Waals surface area (Å²) < 4.78 is 33.2. The Bertz CT molecular complexity index is 685. The molecule has 1 heterocycles. The first-order valence-corrected chi connectivity index (χ1v) is 7.40. The van der Waals surface area contributed by atoms with Gasteiger partial charge in [-0.15, -0.1) is 0 Å². The normalized spacial score (nSPS) is 19.4. The molecule has 1 atom stereocenters. The molecule has 2 nitrogen and oxygen atoms in total. The molecular formula is C18H19F2NO. The Kier molecular flexibility index (Phi) is 3.87. The molecule has 0 aliphatic carbocycles. The Hall–Kier alpha value is -1.94. The second-order valence-corrected chi connectivity index (χ2v) is 6.27. The molecule has 1 unspecified atom stereocenters. The molecule has 4 heteroatoms. The van der Waals surface area contributed by atoms with E-state index in [9.17, 15) is 8.78 Å². The molecule has 116 valence electrons. The zero-order valence-electron chi connectivity index (χ0n) is 12.7. The van der Waals surface area contributed by atoms with E-state index in [0.717, 1.165) is 5.56 Å². The maximum atomic E-state index is 13.7. The van der Waals surface area contributed by atoms with Crippen molar-refractivity contribution in [3.63, 3.8) is 0 Å². The Balaban J connectivity index is 1.84. The average molecular weight is 303 g/mol. The van der Waals surface area contributed by atoms with Crippen LogP contribution in [-0.4, -0.2) is 5.60 Å². The molecule has 22 heavy (non-hydrogen) atoms. The van der Waals surface area contributed by atoms with Crippen molar-refractivity contribution in [1.82, 2.24) is 5.32 Å². The van der Waals surface area contributed by atoms with Gasteiger partial charge in [0, 0.05) is 30.1 Å². The summed E-state index contributed by atoms with van der Waals surface area (Å²) in [5.74, 6) is 0.157. The van der Waals surface area contributed by atoms with Gasteiger partial charge in [-0.1, -0.05) is 18.2 Å². The van der Waals surface area contributed by atoms with E-state index in [1.54, 1.807) is 18.2 Å². The number of hydrogen-bond acceptors (Lipinski definition) is 2. The molecule has 0 spiro atoms. The number of ether oxygens (including phenoxy) is 1. The summed E-state index contributed by atoms with van der Waals surface area (Å²) in [6, 6.07) is 11.1. The summed E-state index contributed by atoms with van der Waals surface area (Å²) in [7, 11) is 0. The summed E-state index contributed by atoms with van der Waals surface area (Å²) in [5.41, 5.74) is 1.04. The summed E-state index contributed by atoms with van der Waals surface area (Å²) in [6.45, 7) is 4.39. The first-order valence-electron chi connectivity index (χ1n) is 7.40. The molecule has 3 rings (SSSR count). The lowest BCUT2D eigenvalue weighted by Gasteiger charge is -2.38. The van der Waals surface area contributed by atoms with Crippen molar-refractivity contribution in [2.45, 2.75) is 38.5 Å². The van der Waals surface area contributed by atoms with Crippen molar-refractivity contribution < 1.29 is 13.5 Å². The van der Waals surface area contributed by atoms with Crippen LogP contribution in [0.3, 0.4) is 0 Å². The number of fused-ring (bicyclic) bond motifs is 1. The van der Waals surface area contributed by atoms with Gasteiger partial charge in [0.15, 0.2) is 0 Å². The minimum absolute atomic E-state index is 0.0749. The number of benzene rings is 2. The van der Waals surface area contributed by atoms with Gasteiger partial charge in [-0.25, -0.2) is 8.78 Å². The van der Waals surface area contributed by atoms with Crippen LogP contribution in [0.5, 0.6) is 5.75 Å². The molecule has 0 aromatic heterocycles. The number of rotatable bonds is 3. The van der Waals surface area contributed by atoms with Crippen LogP contribution in [0, 0.1) is 11.6 Å². The lowest BCUT2D eigenvalue weighted by Crippen LogP contribution is -2.39. The Morgan fingerprint density at radius 3 is 2.73 bits per heavy atom. The topological polar surface area (TPSA) is 21.3 Å². The minimum atomic E-state index is -0.349. The first-order chi connectivity index (χ1) is 10.4. The van der Waals surface area contributed by atoms with E-state index in [4.69, 9.17) is 4.74 Å². The summed E-state index contributed by atoms with van der Waals surface area (Å²) in [4.78, 5) is 0. The van der Waals surface area contributed by atoms with Gasteiger partial charge in [-0.2, -0.15) is 0 Å². The van der Waals surface area contributed by atoms with Crippen molar-refractivity contribution in [3.8, 4) is 5.75 Å². The number of nitrogens with one attached hydrogen (secondary N) is 1. The van der Waals surface area contributed by atoms with E-state index in [0.29, 0.717) is 24.3 Å². The fourth-order valence-corrected chi connectivity index (χ4v) is 2.88. The Labute approximate surface area is 129 Å². The van der Waals surface area contributed by atoms with Gasteiger partial charge in [0.1, 0.15) is 23.0 Å². The molecule has 0 radical (unpaired) electrons. The molecule has 1 N–H and O–H groups in total. The lowest BCUT2D eigenvalue weighted by atomic mass is 9.89. The molecular weight excluding hydrogens is 284 g/mol. The summed E-state index contributed by atoms with van der Waals surface area (Å²) in [5, 5.41) is 3.33. The number of hydrogen-bond donors (Lipinski definition) is 1. The van der Waals surface area contributed by atoms with E-state index in [1.807, 2.05) is 19.9 Å². The van der Waals surface area contributed by atoms with Crippen LogP contribution in [0.15, 0.2) is 42.5 Å². The van der Waals surface area contributed by atoms with Crippen LogP contribution in [0.4, 0.5) is 8.78 Å². The molecule has 1 aliphatic heterocycles. The van der Waals surface area contributed by atoms with E-state index >= 15 is 0 Å². The van der Waals surface area contributed by atoms with Crippen molar-refractivity contribution in [3.05, 3.63) is 65.2 Å². The molecule has 0 bridgehead atoms. The van der Waals surface area contributed by atoms with Crippen molar-refractivity contribution >= 4 is 0 Å². The van der Waals surface area contributed by atoms with Crippen LogP contribution in [0.25, 0.3) is 0 Å². The van der Waals surface area contributed by atoms with Gasteiger partial charge < -0.3 is 10.1 Å². The zero-order valence-corrected chi connectivity index (χ0v) is 12.7. The molecule has 2 aromatic carbocycles. The second-order valence-electron chi connectivity index (χ2n) is 6.27. The maximum Gasteiger partial charge on any atom is 0.127 e. The van der Waals surface area contributed by atoms with Gasteiger partial charge in [0.25, 0.3) is 0 Å². The minimum Gasteiger partial charge on any atom is -0.487 e. The highest BCUT2D eigenvalue weighted by molar-refractivity contribution is 5.39. The third-order valence-electron chi connectivity index (χ3n) is 3.93. The average Bonchev–Trinajstić information content (AvgIpc) is 2.46. The Morgan fingerprint density at radius 1 is 1.18 bits per heavy atom. The van der Waals surface area contributed by atoms with Gasteiger partial charge in [0.05, 0.1) is 0 Å². The molecule has 1 aliphatic rings. The third kappa shape index (κ3) is 3.12. The maximum absolute atomic E-state index is 13.7. The van der Waals surface area contributed by atoms with E-state index in [-0.39, 0.29) is 23.3 Å². The first kappa shape index (κ1) is 15.0. The predicted molar refractivity (Wildman–Crippen MR) is 81.7 cm³/mol. The van der Waals surface area contributed by atoms with Gasteiger partial charge in [-0.3, -0.25) is 0 Å². The SMILES string of the molecule is CC1(C)CC(NCc2ccccc2F)c2cc(F)ccc2O1. The second kappa shape index (κ2) is 5.69. The molecule has 0 fully saturated rings. The van der Waals surface area contributed by atoms with Crippen LogP contribution in [-0.2, 0) is 6.54 Å². The van der Waals surface area contributed by atoms with Gasteiger partial charge in [-0.05, 0) is 38.1 Å². The van der Waals surface area contributed by atoms with Crippen LogP contribution < -0.4 is 10.1 Å². The fraction of sp³-hybridized carbons (Fsp3) is 0.333. The summed E-state index contributed by atoms with van der Waals surface area (Å²) >= 11 is 0. The molecule has 0 amide bonds. The number of halogens is 2.